The predicted octanol–water partition coefficient (Wildman–Crippen LogP) is 7.09. The first-order valence-corrected chi connectivity index (χ1v) is 23.6. The fourth-order valence-corrected chi connectivity index (χ4v) is 10.2. The van der Waals surface area contributed by atoms with Gasteiger partial charge in [0, 0.05) is 82.2 Å². The number of carbonyl (C=O) groups excluding carboxylic acids is 4. The van der Waals surface area contributed by atoms with Gasteiger partial charge in [0.15, 0.2) is 28.9 Å². The van der Waals surface area contributed by atoms with Gasteiger partial charge >= 0.3 is 6.03 Å². The molecule has 3 fully saturated rings. The quantitative estimate of drug-likeness (QED) is 0.114. The molecular formula is C48H51F3N8O7S. The Morgan fingerprint density at radius 1 is 0.881 bits per heavy atom. The van der Waals surface area contributed by atoms with E-state index >= 15 is 13.2 Å². The van der Waals surface area contributed by atoms with Gasteiger partial charge in [0.05, 0.1) is 49.0 Å². The number of aryl methyl sites for hydroxylation is 1. The molecule has 0 radical (unpaired) electrons. The third-order valence-electron chi connectivity index (χ3n) is 12.9. The molecule has 1 N–H and O–H groups in total. The number of likely N-dealkylation sites (tertiary alicyclic amines) is 1. The number of carbonyl (C=O) groups is 4. The van der Waals surface area contributed by atoms with Crippen molar-refractivity contribution in [1.29, 1.82) is 0 Å². The fourth-order valence-electron chi connectivity index (χ4n) is 9.58. The number of methoxy groups -OCH3 is 1. The van der Waals surface area contributed by atoms with Crippen LogP contribution in [-0.4, -0.2) is 132 Å². The summed E-state index contributed by atoms with van der Waals surface area (Å²) < 4.78 is 66.0. The molecule has 4 aliphatic heterocycles. The number of alkyl halides is 2. The zero-order valence-corrected chi connectivity index (χ0v) is 38.4. The van der Waals surface area contributed by atoms with Crippen molar-refractivity contribution in [3.8, 4) is 23.0 Å². The van der Waals surface area contributed by atoms with Gasteiger partial charge in [0.1, 0.15) is 5.75 Å². The van der Waals surface area contributed by atoms with Crippen molar-refractivity contribution in [2.75, 3.05) is 81.3 Å². The Morgan fingerprint density at radius 3 is 2.34 bits per heavy atom. The molecule has 5 amide bonds. The highest BCUT2D eigenvalue weighted by Gasteiger charge is 2.48. The van der Waals surface area contributed by atoms with Crippen molar-refractivity contribution in [2.45, 2.75) is 44.3 Å². The van der Waals surface area contributed by atoms with Crippen LogP contribution in [0.1, 0.15) is 57.7 Å². The Hall–Kier alpha value is -6.31. The maximum absolute atomic E-state index is 16.0. The second-order valence-corrected chi connectivity index (χ2v) is 18.0. The van der Waals surface area contributed by atoms with Gasteiger partial charge in [0.2, 0.25) is 5.91 Å². The lowest BCUT2D eigenvalue weighted by molar-refractivity contribution is -0.129. The van der Waals surface area contributed by atoms with Crippen molar-refractivity contribution in [3.05, 3.63) is 101 Å². The molecule has 4 aromatic carbocycles. The van der Waals surface area contributed by atoms with Gasteiger partial charge in [0.25, 0.3) is 17.7 Å². The largest absolute Gasteiger partial charge is 0.493 e. The number of rotatable bonds is 14. The van der Waals surface area contributed by atoms with Crippen LogP contribution in [0.2, 0.25) is 0 Å². The average molecular weight is 941 g/mol. The number of hydrogen-bond acceptors (Lipinski definition) is 12. The Kier molecular flexibility index (Phi) is 12.8. The first-order chi connectivity index (χ1) is 32.3. The van der Waals surface area contributed by atoms with Gasteiger partial charge in [-0.3, -0.25) is 44.0 Å². The van der Waals surface area contributed by atoms with Gasteiger partial charge in [-0.05, 0) is 79.3 Å². The molecule has 4 aliphatic rings. The molecule has 19 heteroatoms. The minimum atomic E-state index is -2.97. The van der Waals surface area contributed by atoms with Gasteiger partial charge < -0.3 is 19.1 Å². The van der Waals surface area contributed by atoms with E-state index in [2.05, 4.69) is 15.3 Å². The number of halogens is 3. The molecule has 3 saturated heterocycles. The molecule has 9 rings (SSSR count). The van der Waals surface area contributed by atoms with Crippen LogP contribution in [0.25, 0.3) is 10.9 Å². The SMILES string of the molecule is CCOc1cc(C(CSC)N2C(=O)c3ccc(N4CCN(C5CCN(Cc6ccc(Oc7cc8c(cc7F)c(N7CCC(=O)NC7=O)nn8C)cc6)CC5(F)F)CC4)cc3C2=O)ccc1OC. The number of benzene rings is 4. The first kappa shape index (κ1) is 45.8. The third kappa shape index (κ3) is 8.99. The van der Waals surface area contributed by atoms with Crippen LogP contribution in [0.3, 0.4) is 0 Å². The summed E-state index contributed by atoms with van der Waals surface area (Å²) in [5.74, 6) is -2.65. The summed E-state index contributed by atoms with van der Waals surface area (Å²) in [5.41, 5.74) is 3.51. The summed E-state index contributed by atoms with van der Waals surface area (Å²) in [7, 11) is 3.22. The number of aromatic nitrogens is 2. The van der Waals surface area contributed by atoms with Crippen LogP contribution in [0.15, 0.2) is 72.8 Å². The molecule has 0 spiro atoms. The van der Waals surface area contributed by atoms with E-state index in [0.29, 0.717) is 90.9 Å². The standard InChI is InChI=1S/C48H51F3N8O7S/c1-5-65-41-22-30(8-13-39(41)64-3)38(27-67-4)59-45(61)33-12-9-31(23-34(33)46(59)62)56-18-20-57(21-19-56)42-14-16-55(28-48(42,50)51)26-29-6-10-32(11-7-29)66-40-25-37-35(24-36(40)49)44(53-54(37)2)58-17-15-43(60)52-47(58)63/h6-13,22-25,38,42H,5,14-21,26-28H2,1-4H3,(H,52,60,63). The minimum absolute atomic E-state index is 0.0560. The number of amides is 5. The second kappa shape index (κ2) is 18.8. The second-order valence-electron chi connectivity index (χ2n) is 17.1. The van der Waals surface area contributed by atoms with Gasteiger partial charge in [-0.2, -0.15) is 16.9 Å². The van der Waals surface area contributed by atoms with Crippen LogP contribution < -0.4 is 29.3 Å². The monoisotopic (exact) mass is 940 g/mol. The molecule has 2 unspecified atom stereocenters. The number of hydrogen-bond donors (Lipinski definition) is 1. The molecule has 0 aliphatic carbocycles. The number of nitrogens with one attached hydrogen (secondary N) is 1. The van der Waals surface area contributed by atoms with Crippen molar-refractivity contribution >= 4 is 57.9 Å². The zero-order chi connectivity index (χ0) is 47.1. The summed E-state index contributed by atoms with van der Waals surface area (Å²) >= 11 is 1.53. The van der Waals surface area contributed by atoms with Gasteiger partial charge in [-0.1, -0.05) is 18.2 Å². The average Bonchev–Trinajstić information content (AvgIpc) is 3.75. The number of urea groups is 1. The molecule has 67 heavy (non-hydrogen) atoms. The smallest absolute Gasteiger partial charge is 0.329 e. The molecule has 0 bridgehead atoms. The molecule has 5 aromatic rings. The lowest BCUT2D eigenvalue weighted by atomic mass is 9.97. The summed E-state index contributed by atoms with van der Waals surface area (Å²) in [6.45, 7) is 4.59. The van der Waals surface area contributed by atoms with E-state index in [0.717, 1.165) is 16.8 Å². The maximum Gasteiger partial charge on any atom is 0.329 e. The van der Waals surface area contributed by atoms with Crippen molar-refractivity contribution in [1.82, 2.24) is 29.8 Å². The number of piperazine rings is 1. The van der Waals surface area contributed by atoms with E-state index in [4.69, 9.17) is 14.2 Å². The fraction of sp³-hybridized carbons (Fsp3) is 0.396. The Morgan fingerprint density at radius 2 is 1.64 bits per heavy atom. The van der Waals surface area contributed by atoms with E-state index in [9.17, 15) is 19.2 Å². The van der Waals surface area contributed by atoms with E-state index < -0.39 is 36.4 Å². The summed E-state index contributed by atoms with van der Waals surface area (Å²) in [6.07, 6.45) is 2.31. The molecule has 2 atom stereocenters. The predicted molar refractivity (Wildman–Crippen MR) is 247 cm³/mol. The summed E-state index contributed by atoms with van der Waals surface area (Å²) in [5, 5.41) is 7.04. The number of anilines is 2. The number of ether oxygens (including phenoxy) is 3. The number of piperidine rings is 1. The van der Waals surface area contributed by atoms with Crippen LogP contribution in [0.5, 0.6) is 23.0 Å². The molecule has 1 aromatic heterocycles. The number of nitrogens with zero attached hydrogens (tertiary/aromatic N) is 7. The minimum Gasteiger partial charge on any atom is -0.493 e. The highest BCUT2D eigenvalue weighted by molar-refractivity contribution is 7.98. The van der Waals surface area contributed by atoms with Crippen LogP contribution in [0, 0.1) is 5.82 Å². The van der Waals surface area contributed by atoms with E-state index in [1.54, 1.807) is 61.5 Å². The number of fused-ring (bicyclic) bond motifs is 2. The Balaban J connectivity index is 0.792. The first-order valence-electron chi connectivity index (χ1n) is 22.2. The number of thioether (sulfide) groups is 1. The molecule has 0 saturated carbocycles. The summed E-state index contributed by atoms with van der Waals surface area (Å²) in [4.78, 5) is 60.3. The van der Waals surface area contributed by atoms with E-state index in [1.807, 2.05) is 36.3 Å². The van der Waals surface area contributed by atoms with Crippen molar-refractivity contribution in [2.24, 2.45) is 7.05 Å². The van der Waals surface area contributed by atoms with Crippen LogP contribution in [-0.2, 0) is 18.4 Å². The van der Waals surface area contributed by atoms with Crippen LogP contribution >= 0.6 is 11.8 Å². The molecule has 352 valence electrons. The highest BCUT2D eigenvalue weighted by atomic mass is 32.2. The van der Waals surface area contributed by atoms with Crippen LogP contribution in [0.4, 0.5) is 29.5 Å². The normalized spacial score (nSPS) is 19.5. The molecular weight excluding hydrogens is 890 g/mol. The van der Waals surface area contributed by atoms with E-state index in [-0.39, 0.29) is 48.7 Å². The lowest BCUT2D eigenvalue weighted by Gasteiger charge is -2.46. The topological polar surface area (TPSA) is 142 Å². The van der Waals surface area contributed by atoms with Gasteiger partial charge in [-0.15, -0.1) is 0 Å². The third-order valence-corrected chi connectivity index (χ3v) is 13.6. The summed E-state index contributed by atoms with van der Waals surface area (Å²) in [6, 6.07) is 18.3. The number of imide groups is 2. The van der Waals surface area contributed by atoms with Crippen molar-refractivity contribution < 1.29 is 46.6 Å². The highest BCUT2D eigenvalue weighted by Crippen LogP contribution is 2.40. The maximum atomic E-state index is 16.0. The van der Waals surface area contributed by atoms with E-state index in [1.165, 1.54) is 38.4 Å². The van der Waals surface area contributed by atoms with Gasteiger partial charge in [-0.25, -0.2) is 18.0 Å². The Bertz CT molecular complexity index is 2730. The van der Waals surface area contributed by atoms with Crippen molar-refractivity contribution in [3.63, 3.8) is 0 Å². The zero-order valence-electron chi connectivity index (χ0n) is 37.6. The lowest BCUT2D eigenvalue weighted by Crippen LogP contribution is -2.61. The Labute approximate surface area is 389 Å². The molecule has 5 heterocycles. The molecule has 15 nitrogen and oxygen atoms in total.